The first-order valence-corrected chi connectivity index (χ1v) is 13.6. The molecule has 0 fully saturated rings. The topological polar surface area (TPSA) is 109 Å². The predicted octanol–water partition coefficient (Wildman–Crippen LogP) is 7.63. The maximum absolute atomic E-state index is 13.1. The number of hydrogen-bond donors (Lipinski definition) is 4. The first-order chi connectivity index (χ1) is 19.3. The van der Waals surface area contributed by atoms with Gasteiger partial charge in [-0.1, -0.05) is 38.4 Å². The van der Waals surface area contributed by atoms with Gasteiger partial charge in [0.1, 0.15) is 5.82 Å². The summed E-state index contributed by atoms with van der Waals surface area (Å²) in [5.74, 6) is 0.913. The van der Waals surface area contributed by atoms with Crippen LogP contribution >= 0.6 is 11.6 Å². The van der Waals surface area contributed by atoms with Crippen LogP contribution in [0.3, 0.4) is 0 Å². The number of nitrogens with zero attached hydrogens (tertiary/aromatic N) is 2. The van der Waals surface area contributed by atoms with Crippen LogP contribution in [0.1, 0.15) is 45.9 Å². The Balaban J connectivity index is 1.33. The van der Waals surface area contributed by atoms with Crippen molar-refractivity contribution in [3.63, 3.8) is 0 Å². The number of hydrogen-bond acceptors (Lipinski definition) is 5. The van der Waals surface area contributed by atoms with E-state index in [0.717, 1.165) is 28.3 Å². The molecule has 4 N–H and O–H groups in total. The molecule has 1 aliphatic rings. The van der Waals surface area contributed by atoms with Crippen molar-refractivity contribution in [2.24, 2.45) is 0 Å². The molecule has 41 heavy (non-hydrogen) atoms. The summed E-state index contributed by atoms with van der Waals surface area (Å²) in [6.45, 7) is 11.6. The standard InChI is InChI=1S/C31H33ClN6O3/c1-18-16-20(12-15-22(18)34-23-8-7-9-24-27(23)41-31(5,6)28(39)35-24)33-29(40)36-26-17-25(30(2,3)4)37-38(26)21-13-10-19(32)11-14-21/h7-17,34H,1-6H3,(H,35,39)(H2,33,36,40). The molecule has 5 rings (SSSR count). The Hall–Kier alpha value is -4.50. The summed E-state index contributed by atoms with van der Waals surface area (Å²) in [6.07, 6.45) is 0. The molecule has 212 valence electrons. The zero-order chi connectivity index (χ0) is 29.5. The number of fused-ring (bicyclic) bond motifs is 1. The van der Waals surface area contributed by atoms with E-state index in [1.807, 2.05) is 55.5 Å². The van der Waals surface area contributed by atoms with Crippen molar-refractivity contribution >= 4 is 52.1 Å². The average molecular weight is 573 g/mol. The molecule has 0 radical (unpaired) electrons. The molecule has 0 bridgehead atoms. The van der Waals surface area contributed by atoms with Crippen LogP contribution in [0, 0.1) is 6.92 Å². The summed E-state index contributed by atoms with van der Waals surface area (Å²) in [5, 5.41) is 17.5. The van der Waals surface area contributed by atoms with Crippen LogP contribution in [-0.4, -0.2) is 27.3 Å². The second-order valence-electron chi connectivity index (χ2n) is 11.5. The first-order valence-electron chi connectivity index (χ1n) is 13.3. The predicted molar refractivity (Wildman–Crippen MR) is 164 cm³/mol. The fraction of sp³-hybridized carbons (Fsp3) is 0.258. The van der Waals surface area contributed by atoms with Crippen LogP contribution in [0.4, 0.5) is 33.4 Å². The monoisotopic (exact) mass is 572 g/mol. The normalized spacial score (nSPS) is 14.0. The van der Waals surface area contributed by atoms with Crippen molar-refractivity contribution in [2.45, 2.75) is 52.6 Å². The zero-order valence-electron chi connectivity index (χ0n) is 23.8. The number of carbonyl (C=O) groups is 2. The van der Waals surface area contributed by atoms with E-state index >= 15 is 0 Å². The van der Waals surface area contributed by atoms with E-state index in [1.54, 1.807) is 36.7 Å². The van der Waals surface area contributed by atoms with Gasteiger partial charge in [-0.05, 0) is 80.9 Å². The highest BCUT2D eigenvalue weighted by Gasteiger charge is 2.36. The minimum atomic E-state index is -0.989. The fourth-order valence-electron chi connectivity index (χ4n) is 4.34. The van der Waals surface area contributed by atoms with Gasteiger partial charge in [0.2, 0.25) is 0 Å². The number of halogens is 1. The SMILES string of the molecule is Cc1cc(NC(=O)Nc2cc(C(C)(C)C)nn2-c2ccc(Cl)cc2)ccc1Nc1cccc2c1OC(C)(C)C(=O)N2. The number of para-hydroxylation sites is 1. The van der Waals surface area contributed by atoms with Crippen molar-refractivity contribution in [2.75, 3.05) is 21.3 Å². The van der Waals surface area contributed by atoms with E-state index in [9.17, 15) is 9.59 Å². The molecule has 10 heteroatoms. The lowest BCUT2D eigenvalue weighted by atomic mass is 9.92. The molecule has 0 saturated carbocycles. The van der Waals surface area contributed by atoms with E-state index in [2.05, 4.69) is 42.0 Å². The van der Waals surface area contributed by atoms with Gasteiger partial charge in [-0.2, -0.15) is 5.10 Å². The zero-order valence-corrected chi connectivity index (χ0v) is 24.6. The largest absolute Gasteiger partial charge is 0.474 e. The van der Waals surface area contributed by atoms with Crippen molar-refractivity contribution in [1.82, 2.24) is 9.78 Å². The average Bonchev–Trinajstić information content (AvgIpc) is 3.31. The Morgan fingerprint density at radius 1 is 1.00 bits per heavy atom. The number of anilines is 5. The molecule has 4 aromatic rings. The highest BCUT2D eigenvalue weighted by atomic mass is 35.5. The van der Waals surface area contributed by atoms with Crippen LogP contribution < -0.4 is 26.0 Å². The number of urea groups is 1. The first kappa shape index (κ1) is 28.0. The van der Waals surface area contributed by atoms with E-state index in [1.165, 1.54) is 0 Å². The van der Waals surface area contributed by atoms with Crippen molar-refractivity contribution in [3.8, 4) is 11.4 Å². The van der Waals surface area contributed by atoms with Gasteiger partial charge in [-0.15, -0.1) is 0 Å². The molecule has 0 spiro atoms. The lowest BCUT2D eigenvalue weighted by Gasteiger charge is -2.33. The van der Waals surface area contributed by atoms with Gasteiger partial charge in [0.15, 0.2) is 11.4 Å². The van der Waals surface area contributed by atoms with Crippen molar-refractivity contribution in [1.29, 1.82) is 0 Å². The van der Waals surface area contributed by atoms with Crippen molar-refractivity contribution in [3.05, 3.63) is 83.0 Å². The summed E-state index contributed by atoms with van der Waals surface area (Å²) in [4.78, 5) is 25.3. The molecule has 1 aromatic heterocycles. The fourth-order valence-corrected chi connectivity index (χ4v) is 4.47. The Morgan fingerprint density at radius 3 is 2.41 bits per heavy atom. The summed E-state index contributed by atoms with van der Waals surface area (Å²) >= 11 is 6.07. The number of aryl methyl sites for hydroxylation is 1. The number of ether oxygens (including phenoxy) is 1. The van der Waals surface area contributed by atoms with Gasteiger partial charge in [0, 0.05) is 27.9 Å². The van der Waals surface area contributed by atoms with Crippen molar-refractivity contribution < 1.29 is 14.3 Å². The smallest absolute Gasteiger partial charge is 0.324 e. The molecule has 9 nitrogen and oxygen atoms in total. The van der Waals surface area contributed by atoms with Crippen LogP contribution in [-0.2, 0) is 10.2 Å². The van der Waals surface area contributed by atoms with Gasteiger partial charge in [0.25, 0.3) is 5.91 Å². The molecule has 3 amide bonds. The van der Waals surface area contributed by atoms with Crippen LogP contribution in [0.25, 0.3) is 5.69 Å². The maximum Gasteiger partial charge on any atom is 0.324 e. The van der Waals surface area contributed by atoms with Crippen LogP contribution in [0.2, 0.25) is 5.02 Å². The summed E-state index contributed by atoms with van der Waals surface area (Å²) < 4.78 is 7.72. The quantitative estimate of drug-likeness (QED) is 0.196. The Bertz CT molecular complexity index is 1640. The number of benzene rings is 3. The molecule has 0 unspecified atom stereocenters. The number of carbonyl (C=O) groups excluding carboxylic acids is 2. The second kappa shape index (κ2) is 10.5. The van der Waals surface area contributed by atoms with Gasteiger partial charge < -0.3 is 20.7 Å². The van der Waals surface area contributed by atoms with E-state index in [0.29, 0.717) is 28.0 Å². The summed E-state index contributed by atoms with van der Waals surface area (Å²) in [6, 6.07) is 19.9. The third kappa shape index (κ3) is 6.00. The van der Waals surface area contributed by atoms with Gasteiger partial charge >= 0.3 is 6.03 Å². The molecular weight excluding hydrogens is 540 g/mol. The van der Waals surface area contributed by atoms with E-state index < -0.39 is 11.6 Å². The van der Waals surface area contributed by atoms with Crippen LogP contribution in [0.15, 0.2) is 66.7 Å². The third-order valence-electron chi connectivity index (χ3n) is 6.71. The summed E-state index contributed by atoms with van der Waals surface area (Å²) in [7, 11) is 0. The molecule has 1 aliphatic heterocycles. The molecule has 3 aromatic carbocycles. The molecule has 0 saturated heterocycles. The molecule has 0 aliphatic carbocycles. The van der Waals surface area contributed by atoms with Gasteiger partial charge in [0.05, 0.1) is 22.8 Å². The number of rotatable bonds is 5. The van der Waals surface area contributed by atoms with E-state index in [-0.39, 0.29) is 11.3 Å². The van der Waals surface area contributed by atoms with Gasteiger partial charge in [-0.25, -0.2) is 9.48 Å². The highest BCUT2D eigenvalue weighted by molar-refractivity contribution is 6.30. The lowest BCUT2D eigenvalue weighted by molar-refractivity contribution is -0.129. The Labute approximate surface area is 244 Å². The maximum atomic E-state index is 13.1. The van der Waals surface area contributed by atoms with E-state index in [4.69, 9.17) is 21.4 Å². The molecular formula is C31H33ClN6O3. The number of nitrogens with one attached hydrogen (secondary N) is 4. The number of amides is 3. The molecule has 0 atom stereocenters. The van der Waals surface area contributed by atoms with Crippen LogP contribution in [0.5, 0.6) is 5.75 Å². The molecule has 2 heterocycles. The lowest BCUT2D eigenvalue weighted by Crippen LogP contribution is -2.45. The minimum absolute atomic E-state index is 0.196. The third-order valence-corrected chi connectivity index (χ3v) is 6.96. The second-order valence-corrected chi connectivity index (χ2v) is 12.0. The number of aromatic nitrogens is 2. The van der Waals surface area contributed by atoms with Gasteiger partial charge in [-0.3, -0.25) is 10.1 Å². The highest BCUT2D eigenvalue weighted by Crippen LogP contribution is 2.41. The summed E-state index contributed by atoms with van der Waals surface area (Å²) in [5.41, 5.74) is 4.11. The minimum Gasteiger partial charge on any atom is -0.474 e. The Morgan fingerprint density at radius 2 is 1.73 bits per heavy atom. The Kier molecular flexibility index (Phi) is 7.17.